The maximum atomic E-state index is 11.4. The van der Waals surface area contributed by atoms with Gasteiger partial charge in [-0.2, -0.15) is 0 Å². The van der Waals surface area contributed by atoms with Crippen molar-refractivity contribution in [3.63, 3.8) is 0 Å². The van der Waals surface area contributed by atoms with E-state index in [2.05, 4.69) is 17.2 Å². The van der Waals surface area contributed by atoms with Crippen molar-refractivity contribution in [2.24, 2.45) is 5.92 Å². The molecule has 0 aromatic carbocycles. The monoisotopic (exact) mass is 210 g/mol. The normalized spacial score (nSPS) is 17.1. The summed E-state index contributed by atoms with van der Waals surface area (Å²) in [6.07, 6.45) is 7.01. The van der Waals surface area contributed by atoms with Gasteiger partial charge in [-0.1, -0.05) is 18.9 Å². The Morgan fingerprint density at radius 1 is 1.60 bits per heavy atom. The van der Waals surface area contributed by atoms with E-state index in [4.69, 9.17) is 0 Å². The number of carbonyl (C=O) groups is 1. The first-order valence-electron chi connectivity index (χ1n) is 5.86. The Morgan fingerprint density at radius 3 is 2.93 bits per heavy atom. The summed E-state index contributed by atoms with van der Waals surface area (Å²) in [7, 11) is 0. The minimum Gasteiger partial charge on any atom is -0.351 e. The molecule has 1 saturated carbocycles. The Bertz CT molecular complexity index is 212. The summed E-state index contributed by atoms with van der Waals surface area (Å²) in [6, 6.07) is -0.0934. The molecule has 3 heteroatoms. The van der Waals surface area contributed by atoms with Crippen molar-refractivity contribution in [3.8, 4) is 0 Å². The molecule has 0 bridgehead atoms. The van der Waals surface area contributed by atoms with Crippen LogP contribution in [0.25, 0.3) is 0 Å². The molecule has 1 atom stereocenters. The molecule has 0 aromatic heterocycles. The first-order chi connectivity index (χ1) is 7.24. The van der Waals surface area contributed by atoms with Crippen LogP contribution in [0.2, 0.25) is 0 Å². The first-order valence-corrected chi connectivity index (χ1v) is 5.86. The van der Waals surface area contributed by atoms with Gasteiger partial charge in [0.25, 0.3) is 0 Å². The number of nitrogens with one attached hydrogen (secondary N) is 2. The molecule has 0 aliphatic heterocycles. The first kappa shape index (κ1) is 12.2. The smallest absolute Gasteiger partial charge is 0.237 e. The molecule has 1 unspecified atom stereocenters. The predicted molar refractivity (Wildman–Crippen MR) is 62.6 cm³/mol. The quantitative estimate of drug-likeness (QED) is 0.470. The van der Waals surface area contributed by atoms with Crippen molar-refractivity contribution in [3.05, 3.63) is 12.7 Å². The van der Waals surface area contributed by atoms with Gasteiger partial charge < -0.3 is 10.6 Å². The Morgan fingerprint density at radius 2 is 2.33 bits per heavy atom. The van der Waals surface area contributed by atoms with Gasteiger partial charge in [0, 0.05) is 6.54 Å². The summed E-state index contributed by atoms with van der Waals surface area (Å²) in [6.45, 7) is 6.95. The van der Waals surface area contributed by atoms with E-state index >= 15 is 0 Å². The molecule has 0 radical (unpaired) electrons. The van der Waals surface area contributed by atoms with Crippen molar-refractivity contribution in [1.29, 1.82) is 0 Å². The van der Waals surface area contributed by atoms with Gasteiger partial charge in [0.15, 0.2) is 0 Å². The Labute approximate surface area is 92.3 Å². The van der Waals surface area contributed by atoms with Crippen molar-refractivity contribution in [2.75, 3.05) is 13.1 Å². The lowest BCUT2D eigenvalue weighted by molar-refractivity contribution is -0.122. The van der Waals surface area contributed by atoms with Gasteiger partial charge in [0.1, 0.15) is 0 Å². The average molecular weight is 210 g/mol. The van der Waals surface area contributed by atoms with E-state index < -0.39 is 0 Å². The van der Waals surface area contributed by atoms with Crippen LogP contribution in [-0.4, -0.2) is 25.0 Å². The molecule has 1 rings (SSSR count). The van der Waals surface area contributed by atoms with Crippen molar-refractivity contribution in [1.82, 2.24) is 10.6 Å². The maximum Gasteiger partial charge on any atom is 0.237 e. The molecule has 0 aromatic rings. The highest BCUT2D eigenvalue weighted by molar-refractivity contribution is 5.81. The predicted octanol–water partition coefficient (Wildman–Crippen LogP) is 1.46. The second-order valence-electron chi connectivity index (χ2n) is 4.30. The van der Waals surface area contributed by atoms with Crippen molar-refractivity contribution < 1.29 is 4.79 Å². The van der Waals surface area contributed by atoms with E-state index in [-0.39, 0.29) is 11.9 Å². The maximum absolute atomic E-state index is 11.4. The van der Waals surface area contributed by atoms with Gasteiger partial charge in [0.05, 0.1) is 6.04 Å². The number of amides is 1. The molecule has 1 fully saturated rings. The van der Waals surface area contributed by atoms with Crippen LogP contribution in [0.15, 0.2) is 12.7 Å². The Balaban J connectivity index is 1.97. The van der Waals surface area contributed by atoms with E-state index in [1.54, 1.807) is 6.08 Å². The van der Waals surface area contributed by atoms with E-state index in [0.717, 1.165) is 12.5 Å². The third-order valence-electron chi connectivity index (χ3n) is 2.75. The number of hydrogen-bond donors (Lipinski definition) is 2. The fraction of sp³-hybridized carbons (Fsp3) is 0.750. The van der Waals surface area contributed by atoms with Crippen LogP contribution in [0.4, 0.5) is 0 Å². The van der Waals surface area contributed by atoms with Crippen LogP contribution < -0.4 is 10.6 Å². The van der Waals surface area contributed by atoms with Crippen LogP contribution in [0.3, 0.4) is 0 Å². The average Bonchev–Trinajstić information content (AvgIpc) is 3.04. The van der Waals surface area contributed by atoms with E-state index in [1.807, 2.05) is 6.92 Å². The fourth-order valence-electron chi connectivity index (χ4n) is 1.53. The minimum atomic E-state index is -0.0934. The van der Waals surface area contributed by atoms with Gasteiger partial charge >= 0.3 is 0 Å². The number of hydrogen-bond acceptors (Lipinski definition) is 2. The van der Waals surface area contributed by atoms with Crippen LogP contribution >= 0.6 is 0 Å². The fourth-order valence-corrected chi connectivity index (χ4v) is 1.53. The second-order valence-corrected chi connectivity index (χ2v) is 4.30. The number of carbonyl (C=O) groups excluding carboxylic acids is 1. The van der Waals surface area contributed by atoms with Crippen molar-refractivity contribution >= 4 is 5.91 Å². The zero-order valence-corrected chi connectivity index (χ0v) is 9.59. The summed E-state index contributed by atoms with van der Waals surface area (Å²) in [4.78, 5) is 11.4. The lowest BCUT2D eigenvalue weighted by Crippen LogP contribution is -2.42. The lowest BCUT2D eigenvalue weighted by Gasteiger charge is -2.12. The third-order valence-corrected chi connectivity index (χ3v) is 2.75. The van der Waals surface area contributed by atoms with Gasteiger partial charge in [0.2, 0.25) is 5.91 Å². The highest BCUT2D eigenvalue weighted by Crippen LogP contribution is 2.33. The third kappa shape index (κ3) is 5.57. The molecule has 0 saturated heterocycles. The van der Waals surface area contributed by atoms with Gasteiger partial charge in [-0.15, -0.1) is 6.58 Å². The molecule has 86 valence electrons. The summed E-state index contributed by atoms with van der Waals surface area (Å²) in [5.74, 6) is 1.04. The molecule has 0 spiro atoms. The highest BCUT2D eigenvalue weighted by atomic mass is 16.2. The van der Waals surface area contributed by atoms with Crippen LogP contribution in [-0.2, 0) is 4.79 Å². The van der Waals surface area contributed by atoms with Crippen LogP contribution in [0, 0.1) is 5.92 Å². The summed E-state index contributed by atoms with van der Waals surface area (Å²) < 4.78 is 0. The van der Waals surface area contributed by atoms with E-state index in [1.165, 1.54) is 25.7 Å². The van der Waals surface area contributed by atoms with Crippen LogP contribution in [0.1, 0.15) is 32.6 Å². The molecular formula is C12H22N2O. The zero-order valence-electron chi connectivity index (χ0n) is 9.59. The van der Waals surface area contributed by atoms with E-state index in [9.17, 15) is 4.79 Å². The molecule has 0 heterocycles. The summed E-state index contributed by atoms with van der Waals surface area (Å²) in [5, 5.41) is 6.00. The van der Waals surface area contributed by atoms with Crippen molar-refractivity contribution in [2.45, 2.75) is 38.6 Å². The molecule has 1 amide bonds. The molecule has 1 aliphatic rings. The van der Waals surface area contributed by atoms with E-state index in [0.29, 0.717) is 6.54 Å². The summed E-state index contributed by atoms with van der Waals surface area (Å²) in [5.41, 5.74) is 0. The Kier molecular flexibility index (Phi) is 5.40. The topological polar surface area (TPSA) is 41.1 Å². The lowest BCUT2D eigenvalue weighted by atomic mass is 10.2. The zero-order chi connectivity index (χ0) is 11.1. The Hall–Kier alpha value is -0.830. The minimum absolute atomic E-state index is 0.0568. The summed E-state index contributed by atoms with van der Waals surface area (Å²) >= 11 is 0. The van der Waals surface area contributed by atoms with Crippen LogP contribution in [0.5, 0.6) is 0 Å². The highest BCUT2D eigenvalue weighted by Gasteiger charge is 2.20. The molecule has 3 nitrogen and oxygen atoms in total. The molecule has 2 N–H and O–H groups in total. The second kappa shape index (κ2) is 6.62. The molecule has 15 heavy (non-hydrogen) atoms. The van der Waals surface area contributed by atoms with Gasteiger partial charge in [-0.25, -0.2) is 0 Å². The molecular weight excluding hydrogens is 188 g/mol. The van der Waals surface area contributed by atoms with Gasteiger partial charge in [-0.05, 0) is 32.2 Å². The number of rotatable bonds is 8. The van der Waals surface area contributed by atoms with Gasteiger partial charge in [-0.3, -0.25) is 4.79 Å². The largest absolute Gasteiger partial charge is 0.351 e. The SMILES string of the molecule is C=CCNC(=O)C(C)NCCCC1CC1. The molecule has 1 aliphatic carbocycles. The standard InChI is InChI=1S/C12H22N2O/c1-3-8-14-12(15)10(2)13-9-4-5-11-6-7-11/h3,10-11,13H,1,4-9H2,2H3,(H,14,15).